The van der Waals surface area contributed by atoms with Crippen molar-refractivity contribution in [2.24, 2.45) is 0 Å². The highest BCUT2D eigenvalue weighted by molar-refractivity contribution is 5.78. The third-order valence-electron chi connectivity index (χ3n) is 2.40. The van der Waals surface area contributed by atoms with Crippen molar-refractivity contribution in [2.45, 2.75) is 6.04 Å². The average Bonchev–Trinajstić information content (AvgIpc) is 2.00. The molecule has 1 aliphatic heterocycles. The lowest BCUT2D eigenvalue weighted by Gasteiger charge is -2.35. The van der Waals surface area contributed by atoms with Crippen molar-refractivity contribution in [2.75, 3.05) is 46.9 Å². The number of nitrogens with one attached hydrogen (secondary N) is 2. The number of nitrogens with zero attached hydrogens (tertiary/aromatic N) is 1. The van der Waals surface area contributed by atoms with Gasteiger partial charge in [0.05, 0.1) is 13.2 Å². The summed E-state index contributed by atoms with van der Waals surface area (Å²) in [5.74, 6) is 0.0662. The summed E-state index contributed by atoms with van der Waals surface area (Å²) in [6.07, 6.45) is 0. The molecule has 1 aliphatic rings. The van der Waals surface area contributed by atoms with Crippen molar-refractivity contribution < 1.29 is 9.53 Å². The first-order valence-electron chi connectivity index (χ1n) is 4.90. The van der Waals surface area contributed by atoms with Crippen LogP contribution in [0, 0.1) is 0 Å². The lowest BCUT2D eigenvalue weighted by Crippen LogP contribution is -2.57. The molecule has 2 N–H and O–H groups in total. The molecule has 0 unspecified atom stereocenters. The van der Waals surface area contributed by atoms with Gasteiger partial charge in [0.25, 0.3) is 0 Å². The Hall–Kier alpha value is -0.650. The van der Waals surface area contributed by atoms with Crippen molar-refractivity contribution >= 4 is 5.91 Å². The van der Waals surface area contributed by atoms with Crippen LogP contribution < -0.4 is 10.6 Å². The fourth-order valence-corrected chi connectivity index (χ4v) is 1.29. The molecule has 0 aliphatic carbocycles. The fraction of sp³-hybridized carbons (Fsp3) is 0.889. The highest BCUT2D eigenvalue weighted by Gasteiger charge is 2.22. The van der Waals surface area contributed by atoms with E-state index in [0.29, 0.717) is 25.7 Å². The van der Waals surface area contributed by atoms with Gasteiger partial charge in [-0.15, -0.1) is 0 Å². The highest BCUT2D eigenvalue weighted by Crippen LogP contribution is 2.00. The van der Waals surface area contributed by atoms with Gasteiger partial charge in [0.15, 0.2) is 0 Å². The van der Waals surface area contributed by atoms with Gasteiger partial charge in [0, 0.05) is 32.8 Å². The third kappa shape index (κ3) is 3.61. The quantitative estimate of drug-likeness (QED) is 0.522. The van der Waals surface area contributed by atoms with Gasteiger partial charge < -0.3 is 15.4 Å². The maximum absolute atomic E-state index is 11.3. The van der Waals surface area contributed by atoms with Gasteiger partial charge in [-0.2, -0.15) is 0 Å². The molecule has 1 amide bonds. The minimum absolute atomic E-state index is 0.0662. The molecule has 1 fully saturated rings. The molecular formula is C9H19N3O2. The first-order chi connectivity index (χ1) is 6.74. The second-order valence-electron chi connectivity index (χ2n) is 3.57. The lowest BCUT2D eigenvalue weighted by atomic mass is 10.1. The molecule has 0 aromatic rings. The summed E-state index contributed by atoms with van der Waals surface area (Å²) in [4.78, 5) is 13.4. The number of hydrogen-bond acceptors (Lipinski definition) is 4. The molecule has 5 heteroatoms. The predicted molar refractivity (Wildman–Crippen MR) is 54.2 cm³/mol. The van der Waals surface area contributed by atoms with Gasteiger partial charge in [-0.3, -0.25) is 9.69 Å². The molecule has 82 valence electrons. The molecule has 14 heavy (non-hydrogen) atoms. The van der Waals surface area contributed by atoms with Gasteiger partial charge in [-0.05, 0) is 7.05 Å². The van der Waals surface area contributed by atoms with Crippen LogP contribution in [0.3, 0.4) is 0 Å². The first kappa shape index (κ1) is 11.4. The molecule has 0 saturated carbocycles. The topological polar surface area (TPSA) is 53.6 Å². The first-order valence-corrected chi connectivity index (χ1v) is 4.90. The third-order valence-corrected chi connectivity index (χ3v) is 2.40. The fourth-order valence-electron chi connectivity index (χ4n) is 1.29. The summed E-state index contributed by atoms with van der Waals surface area (Å²) in [6, 6.07) is 0.517. The number of methoxy groups -OCH3 is 1. The van der Waals surface area contributed by atoms with Crippen LogP contribution in [-0.2, 0) is 9.53 Å². The lowest BCUT2D eigenvalue weighted by molar-refractivity contribution is -0.122. The Labute approximate surface area is 84.8 Å². The van der Waals surface area contributed by atoms with Crippen LogP contribution in [0.2, 0.25) is 0 Å². The Morgan fingerprint density at radius 1 is 1.64 bits per heavy atom. The molecule has 5 nitrogen and oxygen atoms in total. The zero-order chi connectivity index (χ0) is 10.4. The van der Waals surface area contributed by atoms with E-state index in [0.717, 1.165) is 13.1 Å². The summed E-state index contributed by atoms with van der Waals surface area (Å²) in [6.45, 7) is 3.60. The Morgan fingerprint density at radius 2 is 2.36 bits per heavy atom. The zero-order valence-corrected chi connectivity index (χ0v) is 8.88. The van der Waals surface area contributed by atoms with Gasteiger partial charge in [0.1, 0.15) is 0 Å². The van der Waals surface area contributed by atoms with Crippen LogP contribution in [0.15, 0.2) is 0 Å². The monoisotopic (exact) mass is 201 g/mol. The summed E-state index contributed by atoms with van der Waals surface area (Å²) in [5.41, 5.74) is 0. The average molecular weight is 201 g/mol. The summed E-state index contributed by atoms with van der Waals surface area (Å²) >= 11 is 0. The van der Waals surface area contributed by atoms with E-state index in [-0.39, 0.29) is 5.91 Å². The Bertz CT molecular complexity index is 183. The Kier molecular flexibility index (Phi) is 4.86. The molecular weight excluding hydrogens is 182 g/mol. The molecule has 0 radical (unpaired) electrons. The van der Waals surface area contributed by atoms with Crippen LogP contribution in [0.25, 0.3) is 0 Å². The van der Waals surface area contributed by atoms with Crippen molar-refractivity contribution in [3.8, 4) is 0 Å². The van der Waals surface area contributed by atoms with E-state index in [1.54, 1.807) is 7.11 Å². The molecule has 0 aromatic heterocycles. The van der Waals surface area contributed by atoms with Crippen molar-refractivity contribution in [3.63, 3.8) is 0 Å². The van der Waals surface area contributed by atoms with E-state index in [4.69, 9.17) is 4.74 Å². The van der Waals surface area contributed by atoms with E-state index < -0.39 is 0 Å². The van der Waals surface area contributed by atoms with Crippen LogP contribution in [0.5, 0.6) is 0 Å². The highest BCUT2D eigenvalue weighted by atomic mass is 16.5. The van der Waals surface area contributed by atoms with E-state index >= 15 is 0 Å². The minimum atomic E-state index is 0.0662. The van der Waals surface area contributed by atoms with Gasteiger partial charge in [-0.1, -0.05) is 0 Å². The Morgan fingerprint density at radius 3 is 2.86 bits per heavy atom. The largest absolute Gasteiger partial charge is 0.383 e. The molecule has 0 aromatic carbocycles. The van der Waals surface area contributed by atoms with Crippen molar-refractivity contribution in [1.29, 1.82) is 0 Å². The predicted octanol–water partition coefficient (Wildman–Crippen LogP) is -1.35. The molecule has 1 rings (SSSR count). The van der Waals surface area contributed by atoms with Crippen LogP contribution in [0.4, 0.5) is 0 Å². The van der Waals surface area contributed by atoms with E-state index in [1.807, 2.05) is 7.05 Å². The molecule has 0 bridgehead atoms. The second kappa shape index (κ2) is 5.95. The van der Waals surface area contributed by atoms with Crippen LogP contribution in [0.1, 0.15) is 0 Å². The number of hydrogen-bond donors (Lipinski definition) is 2. The Balaban J connectivity index is 2.06. The molecule has 0 atom stereocenters. The number of amides is 1. The standard InChI is InChI=1S/C9H19N3O2/c1-12(8-5-10-6-8)7-9(13)11-3-4-14-2/h8,10H,3-7H2,1-2H3,(H,11,13). The number of ether oxygens (including phenoxy) is 1. The summed E-state index contributed by atoms with van der Waals surface area (Å²) in [7, 11) is 3.60. The van der Waals surface area contributed by atoms with E-state index in [9.17, 15) is 4.79 Å². The normalized spacial score (nSPS) is 16.8. The maximum Gasteiger partial charge on any atom is 0.234 e. The summed E-state index contributed by atoms with van der Waals surface area (Å²) < 4.78 is 4.84. The smallest absolute Gasteiger partial charge is 0.234 e. The van der Waals surface area contributed by atoms with E-state index in [2.05, 4.69) is 15.5 Å². The van der Waals surface area contributed by atoms with Gasteiger partial charge in [0.2, 0.25) is 5.91 Å². The molecule has 1 heterocycles. The number of likely N-dealkylation sites (N-methyl/N-ethyl adjacent to an activating group) is 1. The SMILES string of the molecule is COCCNC(=O)CN(C)C1CNC1. The van der Waals surface area contributed by atoms with Crippen molar-refractivity contribution in [3.05, 3.63) is 0 Å². The number of rotatable bonds is 6. The van der Waals surface area contributed by atoms with Crippen molar-refractivity contribution in [1.82, 2.24) is 15.5 Å². The number of carbonyl (C=O) groups excluding carboxylic acids is 1. The van der Waals surface area contributed by atoms with E-state index in [1.165, 1.54) is 0 Å². The zero-order valence-electron chi connectivity index (χ0n) is 8.88. The minimum Gasteiger partial charge on any atom is -0.383 e. The van der Waals surface area contributed by atoms with Crippen LogP contribution in [-0.4, -0.2) is 63.8 Å². The molecule has 0 spiro atoms. The molecule has 1 saturated heterocycles. The maximum atomic E-state index is 11.3. The van der Waals surface area contributed by atoms with Gasteiger partial charge in [-0.25, -0.2) is 0 Å². The van der Waals surface area contributed by atoms with Gasteiger partial charge >= 0.3 is 0 Å². The second-order valence-corrected chi connectivity index (χ2v) is 3.57. The number of carbonyl (C=O) groups is 1. The van der Waals surface area contributed by atoms with Crippen LogP contribution >= 0.6 is 0 Å². The summed E-state index contributed by atoms with van der Waals surface area (Å²) in [5, 5.41) is 5.97.